The maximum absolute atomic E-state index is 14.8. The first-order valence-electron chi connectivity index (χ1n) is 12.2. The number of rotatable bonds is 8. The Hall–Kier alpha value is -3.88. The number of carbonyl (C=O) groups is 1. The lowest BCUT2D eigenvalue weighted by atomic mass is 9.82. The first-order valence-corrected chi connectivity index (χ1v) is 12.2. The minimum atomic E-state index is -1.42. The Labute approximate surface area is 216 Å². The molecule has 4 rings (SSSR count). The van der Waals surface area contributed by atoms with E-state index in [0.29, 0.717) is 24.8 Å². The summed E-state index contributed by atoms with van der Waals surface area (Å²) in [7, 11) is 0. The molecule has 38 heavy (non-hydrogen) atoms. The van der Waals surface area contributed by atoms with Gasteiger partial charge in [-0.1, -0.05) is 18.2 Å². The lowest BCUT2D eigenvalue weighted by Crippen LogP contribution is -2.13. The molecule has 1 atom stereocenters. The summed E-state index contributed by atoms with van der Waals surface area (Å²) in [5.74, 6) is -8.21. The fourth-order valence-corrected chi connectivity index (χ4v) is 4.40. The van der Waals surface area contributed by atoms with E-state index in [1.165, 1.54) is 24.3 Å². The highest BCUT2D eigenvalue weighted by atomic mass is 19.2. The molecule has 3 aromatic rings. The summed E-state index contributed by atoms with van der Waals surface area (Å²) in [6.07, 6.45) is 3.21. The Morgan fingerprint density at radius 1 is 0.816 bits per heavy atom. The van der Waals surface area contributed by atoms with Crippen LogP contribution in [-0.4, -0.2) is 19.2 Å². The van der Waals surface area contributed by atoms with Gasteiger partial charge in [0, 0.05) is 0 Å². The van der Waals surface area contributed by atoms with Crippen LogP contribution in [0.25, 0.3) is 5.57 Å². The van der Waals surface area contributed by atoms with E-state index in [4.69, 9.17) is 14.2 Å². The summed E-state index contributed by atoms with van der Waals surface area (Å²) in [5.41, 5.74) is 1.09. The normalized spacial score (nSPS) is 15.1. The van der Waals surface area contributed by atoms with Crippen molar-refractivity contribution in [1.29, 1.82) is 0 Å². The summed E-state index contributed by atoms with van der Waals surface area (Å²) >= 11 is 0. The molecule has 0 bridgehead atoms. The monoisotopic (exact) mass is 532 g/mol. The van der Waals surface area contributed by atoms with E-state index in [1.54, 1.807) is 13.8 Å². The van der Waals surface area contributed by atoms with Crippen LogP contribution in [0.3, 0.4) is 0 Å². The van der Waals surface area contributed by atoms with Crippen LogP contribution < -0.4 is 14.2 Å². The molecule has 200 valence electrons. The Kier molecular flexibility index (Phi) is 8.34. The van der Waals surface area contributed by atoms with E-state index in [1.807, 2.05) is 6.08 Å². The quantitative estimate of drug-likeness (QED) is 0.169. The number of allylic oxidation sites excluding steroid dienone is 2. The van der Waals surface area contributed by atoms with Gasteiger partial charge in [0.15, 0.2) is 23.1 Å². The first-order chi connectivity index (χ1) is 18.2. The number of esters is 1. The number of hydrogen-bond acceptors (Lipinski definition) is 4. The minimum absolute atomic E-state index is 0.112. The molecule has 0 radical (unpaired) electrons. The Morgan fingerprint density at radius 3 is 2.03 bits per heavy atom. The van der Waals surface area contributed by atoms with Gasteiger partial charge in [0.05, 0.1) is 18.8 Å². The molecule has 3 aromatic carbocycles. The Morgan fingerprint density at radius 2 is 1.42 bits per heavy atom. The third-order valence-electron chi connectivity index (χ3n) is 6.30. The minimum Gasteiger partial charge on any atom is -0.491 e. The van der Waals surface area contributed by atoms with Crippen LogP contribution in [0, 0.1) is 29.1 Å². The molecule has 4 nitrogen and oxygen atoms in total. The van der Waals surface area contributed by atoms with E-state index >= 15 is 0 Å². The van der Waals surface area contributed by atoms with E-state index < -0.39 is 46.4 Å². The van der Waals surface area contributed by atoms with Gasteiger partial charge in [0.1, 0.15) is 5.82 Å². The maximum atomic E-state index is 14.8. The zero-order valence-electron chi connectivity index (χ0n) is 20.8. The van der Waals surface area contributed by atoms with E-state index in [0.717, 1.165) is 23.8 Å². The van der Waals surface area contributed by atoms with Gasteiger partial charge in [-0.25, -0.2) is 13.6 Å². The van der Waals surface area contributed by atoms with Crippen molar-refractivity contribution < 1.29 is 41.0 Å². The molecular weight excluding hydrogens is 507 g/mol. The van der Waals surface area contributed by atoms with Gasteiger partial charge in [-0.05, 0) is 86.1 Å². The van der Waals surface area contributed by atoms with Crippen LogP contribution in [0.15, 0.2) is 48.5 Å². The van der Waals surface area contributed by atoms with Gasteiger partial charge in [0.25, 0.3) is 0 Å². The van der Waals surface area contributed by atoms with Crippen molar-refractivity contribution in [3.63, 3.8) is 0 Å². The molecule has 0 aliphatic heterocycles. The van der Waals surface area contributed by atoms with Crippen LogP contribution in [-0.2, 0) is 0 Å². The third-order valence-corrected chi connectivity index (χ3v) is 6.30. The zero-order chi connectivity index (χ0) is 27.4. The molecule has 1 aliphatic carbocycles. The van der Waals surface area contributed by atoms with Gasteiger partial charge in [-0.3, -0.25) is 0 Å². The van der Waals surface area contributed by atoms with E-state index in [-0.39, 0.29) is 36.2 Å². The number of halogens is 5. The second-order valence-electron chi connectivity index (χ2n) is 8.62. The van der Waals surface area contributed by atoms with Crippen LogP contribution in [0.2, 0.25) is 0 Å². The predicted octanol–water partition coefficient (Wildman–Crippen LogP) is 7.75. The molecule has 0 N–H and O–H groups in total. The van der Waals surface area contributed by atoms with Crippen molar-refractivity contribution in [2.45, 2.75) is 39.0 Å². The topological polar surface area (TPSA) is 44.8 Å². The molecule has 0 saturated carbocycles. The van der Waals surface area contributed by atoms with Crippen molar-refractivity contribution in [3.8, 4) is 17.2 Å². The van der Waals surface area contributed by atoms with Crippen LogP contribution in [0.4, 0.5) is 22.0 Å². The number of hydrogen-bond donors (Lipinski definition) is 0. The molecule has 0 heterocycles. The van der Waals surface area contributed by atoms with Crippen LogP contribution in [0.5, 0.6) is 17.2 Å². The second-order valence-corrected chi connectivity index (χ2v) is 8.62. The zero-order valence-corrected chi connectivity index (χ0v) is 20.8. The van der Waals surface area contributed by atoms with Crippen molar-refractivity contribution in [3.05, 3.63) is 94.3 Å². The van der Waals surface area contributed by atoms with Crippen LogP contribution in [0.1, 0.15) is 60.5 Å². The second kappa shape index (κ2) is 11.7. The highest BCUT2D eigenvalue weighted by Gasteiger charge is 2.25. The van der Waals surface area contributed by atoms with E-state index in [9.17, 15) is 26.7 Å². The van der Waals surface area contributed by atoms with Crippen molar-refractivity contribution in [2.24, 2.45) is 0 Å². The van der Waals surface area contributed by atoms with Gasteiger partial charge < -0.3 is 14.2 Å². The summed E-state index contributed by atoms with van der Waals surface area (Å²) in [5, 5.41) is 0. The Balaban J connectivity index is 1.47. The molecule has 0 saturated heterocycles. The predicted molar refractivity (Wildman–Crippen MR) is 131 cm³/mol. The number of carbonyl (C=O) groups excluding carboxylic acids is 1. The lowest BCUT2D eigenvalue weighted by Gasteiger charge is -2.23. The summed E-state index contributed by atoms with van der Waals surface area (Å²) in [6, 6.07) is 8.93. The summed E-state index contributed by atoms with van der Waals surface area (Å²) < 4.78 is 86.9. The Bertz CT molecular complexity index is 1390. The molecule has 1 aliphatic rings. The average Bonchev–Trinajstić information content (AvgIpc) is 2.91. The number of benzene rings is 3. The van der Waals surface area contributed by atoms with Gasteiger partial charge in [0.2, 0.25) is 17.5 Å². The average molecular weight is 533 g/mol. The third kappa shape index (κ3) is 5.51. The highest BCUT2D eigenvalue weighted by molar-refractivity contribution is 5.92. The molecule has 0 amide bonds. The first kappa shape index (κ1) is 27.2. The smallest absolute Gasteiger partial charge is 0.346 e. The van der Waals surface area contributed by atoms with Crippen molar-refractivity contribution >= 4 is 11.5 Å². The van der Waals surface area contributed by atoms with E-state index in [2.05, 4.69) is 0 Å². The highest BCUT2D eigenvalue weighted by Crippen LogP contribution is 2.39. The van der Waals surface area contributed by atoms with Gasteiger partial charge >= 0.3 is 5.97 Å². The molecule has 1 unspecified atom stereocenters. The largest absolute Gasteiger partial charge is 0.491 e. The molecule has 0 fully saturated rings. The van der Waals surface area contributed by atoms with Crippen molar-refractivity contribution in [2.75, 3.05) is 13.2 Å². The fraction of sp³-hybridized carbons (Fsp3) is 0.276. The number of ether oxygens (including phenoxy) is 3. The maximum Gasteiger partial charge on any atom is 0.346 e. The van der Waals surface area contributed by atoms with Crippen molar-refractivity contribution in [1.82, 2.24) is 0 Å². The van der Waals surface area contributed by atoms with Gasteiger partial charge in [-0.2, -0.15) is 13.2 Å². The summed E-state index contributed by atoms with van der Waals surface area (Å²) in [4.78, 5) is 12.4. The molecule has 0 aromatic heterocycles. The summed E-state index contributed by atoms with van der Waals surface area (Å²) in [6.45, 7) is 3.61. The van der Waals surface area contributed by atoms with Gasteiger partial charge in [-0.15, -0.1) is 0 Å². The fourth-order valence-electron chi connectivity index (χ4n) is 4.40. The standard InChI is InChI=1S/C29H25F5O4/c1-3-36-22-12-11-19(25(31)26(22)32)17-7-5-16(6-8-17)18-9-10-20(21(30)15-18)29(35)38-24-14-13-23(37-4-2)27(33)28(24)34/h5,9-15,17H,3-4,6-8H2,1-2H3. The molecular formula is C29H25F5O4. The van der Waals surface area contributed by atoms with Crippen LogP contribution >= 0.6 is 0 Å². The SMILES string of the molecule is CCOc1ccc(OC(=O)c2ccc(C3=CCC(c4ccc(OCC)c(F)c4F)CC3)cc2F)c(F)c1F. The molecule has 0 spiro atoms. The lowest BCUT2D eigenvalue weighted by molar-refractivity contribution is 0.0721. The molecule has 9 heteroatoms.